The first-order chi connectivity index (χ1) is 10.8. The number of nitrogens with one attached hydrogen (secondary N) is 1. The van der Waals surface area contributed by atoms with Crippen LogP contribution in [0.15, 0.2) is 21.9 Å². The molecular weight excluding hydrogens is 324 g/mol. The molecule has 1 aromatic rings. The maximum Gasteiger partial charge on any atom is 0.329 e. The van der Waals surface area contributed by atoms with Gasteiger partial charge >= 0.3 is 17.6 Å². The topological polar surface area (TPSA) is 107 Å². The van der Waals surface area contributed by atoms with E-state index in [1.807, 2.05) is 6.92 Å². The van der Waals surface area contributed by atoms with Crippen molar-refractivity contribution in [3.8, 4) is 0 Å². The third-order valence-electron chi connectivity index (χ3n) is 3.42. The van der Waals surface area contributed by atoms with E-state index in [1.54, 1.807) is 0 Å². The van der Waals surface area contributed by atoms with Crippen LogP contribution in [0.2, 0.25) is 0 Å². The van der Waals surface area contributed by atoms with Crippen molar-refractivity contribution in [1.29, 1.82) is 0 Å². The number of H-pyrrole nitrogens is 1. The van der Waals surface area contributed by atoms with Gasteiger partial charge in [0.25, 0.3) is 5.56 Å². The zero-order valence-corrected chi connectivity index (χ0v) is 13.8. The summed E-state index contributed by atoms with van der Waals surface area (Å²) in [5.74, 6) is -1.02. The van der Waals surface area contributed by atoms with Crippen molar-refractivity contribution in [1.82, 2.24) is 9.55 Å². The quantitative estimate of drug-likeness (QED) is 0.790. The van der Waals surface area contributed by atoms with Gasteiger partial charge in [0.15, 0.2) is 12.2 Å². The average molecular weight is 342 g/mol. The van der Waals surface area contributed by atoms with E-state index in [0.29, 0.717) is 6.42 Å². The lowest BCUT2D eigenvalue weighted by atomic mass is 10.1. The van der Waals surface area contributed by atoms with Crippen LogP contribution in [0.3, 0.4) is 0 Å². The molecule has 0 bridgehead atoms. The van der Waals surface area contributed by atoms with Crippen molar-refractivity contribution in [2.75, 3.05) is 0 Å². The minimum atomic E-state index is -0.810. The molecule has 0 radical (unpaired) electrons. The molecule has 1 saturated heterocycles. The van der Waals surface area contributed by atoms with E-state index in [4.69, 9.17) is 9.47 Å². The van der Waals surface area contributed by atoms with E-state index in [9.17, 15) is 19.2 Å². The lowest BCUT2D eigenvalue weighted by Gasteiger charge is -2.25. The fourth-order valence-corrected chi connectivity index (χ4v) is 4.12. The molecule has 0 amide bonds. The summed E-state index contributed by atoms with van der Waals surface area (Å²) in [5, 5.41) is -0.718. The van der Waals surface area contributed by atoms with Gasteiger partial charge in [-0.1, -0.05) is 6.92 Å². The summed E-state index contributed by atoms with van der Waals surface area (Å²) < 4.78 is 11.9. The van der Waals surface area contributed by atoms with E-state index in [-0.39, 0.29) is 5.25 Å². The molecule has 1 N–H and O–H groups in total. The number of aromatic nitrogens is 2. The van der Waals surface area contributed by atoms with Crippen LogP contribution in [0.4, 0.5) is 0 Å². The van der Waals surface area contributed by atoms with Crippen LogP contribution >= 0.6 is 11.8 Å². The zero-order valence-electron chi connectivity index (χ0n) is 13.0. The molecule has 9 heteroatoms. The summed E-state index contributed by atoms with van der Waals surface area (Å²) in [6.07, 6.45) is 0.540. The number of carbonyl (C=O) groups is 2. The molecule has 2 rings (SSSR count). The molecule has 0 aromatic carbocycles. The van der Waals surface area contributed by atoms with Crippen LogP contribution < -0.4 is 11.2 Å². The highest BCUT2D eigenvalue weighted by atomic mass is 32.2. The van der Waals surface area contributed by atoms with E-state index in [2.05, 4.69) is 4.98 Å². The third-order valence-corrected chi connectivity index (χ3v) is 5.14. The van der Waals surface area contributed by atoms with Crippen molar-refractivity contribution in [3.63, 3.8) is 0 Å². The smallest absolute Gasteiger partial charge is 0.329 e. The maximum atomic E-state index is 12.0. The van der Waals surface area contributed by atoms with E-state index in [0.717, 1.165) is 0 Å². The highest BCUT2D eigenvalue weighted by Gasteiger charge is 2.48. The Labute approximate surface area is 136 Å². The van der Waals surface area contributed by atoms with Gasteiger partial charge in [0.05, 0.1) is 0 Å². The van der Waals surface area contributed by atoms with Gasteiger partial charge < -0.3 is 9.47 Å². The van der Waals surface area contributed by atoms with Crippen LogP contribution in [0, 0.1) is 0 Å². The van der Waals surface area contributed by atoms with Crippen molar-refractivity contribution in [2.45, 2.75) is 50.0 Å². The Balaban J connectivity index is 2.43. The predicted molar refractivity (Wildman–Crippen MR) is 83.1 cm³/mol. The van der Waals surface area contributed by atoms with Crippen molar-refractivity contribution in [2.24, 2.45) is 0 Å². The molecule has 0 aliphatic carbocycles. The highest BCUT2D eigenvalue weighted by Crippen LogP contribution is 2.45. The average Bonchev–Trinajstić information content (AvgIpc) is 2.76. The molecule has 8 nitrogen and oxygen atoms in total. The molecule has 0 unspecified atom stereocenters. The molecule has 2 heterocycles. The first-order valence-corrected chi connectivity index (χ1v) is 8.09. The molecule has 4 atom stereocenters. The van der Waals surface area contributed by atoms with Gasteiger partial charge in [0, 0.05) is 31.4 Å². The normalized spacial score (nSPS) is 26.7. The molecule has 0 saturated carbocycles. The fraction of sp³-hybridized carbons (Fsp3) is 0.571. The molecular formula is C14H18N2O6S. The van der Waals surface area contributed by atoms with Crippen LogP contribution in [0.5, 0.6) is 0 Å². The fourth-order valence-electron chi connectivity index (χ4n) is 2.54. The number of esters is 2. The number of nitrogens with zero attached hydrogens (tertiary/aromatic N) is 1. The number of hydrogen-bond acceptors (Lipinski definition) is 7. The second-order valence-corrected chi connectivity index (χ2v) is 6.50. The van der Waals surface area contributed by atoms with Crippen LogP contribution in [-0.2, 0) is 19.1 Å². The molecule has 1 aliphatic heterocycles. The van der Waals surface area contributed by atoms with E-state index >= 15 is 0 Å². The Bertz CT molecular complexity index is 712. The Morgan fingerprint density at radius 1 is 1.22 bits per heavy atom. The minimum absolute atomic E-state index is 0.132. The maximum absolute atomic E-state index is 12.0. The summed E-state index contributed by atoms with van der Waals surface area (Å²) in [5.41, 5.74) is -1.12. The molecule has 1 fully saturated rings. The van der Waals surface area contributed by atoms with E-state index < -0.39 is 40.8 Å². The van der Waals surface area contributed by atoms with Crippen LogP contribution in [0.25, 0.3) is 0 Å². The summed E-state index contributed by atoms with van der Waals surface area (Å²) in [4.78, 5) is 48.2. The van der Waals surface area contributed by atoms with Crippen LogP contribution in [0.1, 0.15) is 32.6 Å². The second-order valence-electron chi connectivity index (χ2n) is 5.14. The Morgan fingerprint density at radius 2 is 1.83 bits per heavy atom. The van der Waals surface area contributed by atoms with Gasteiger partial charge in [0.1, 0.15) is 5.37 Å². The number of aromatic amines is 1. The number of ether oxygens (including phenoxy) is 2. The number of rotatable bonds is 4. The standard InChI is InChI=1S/C14H18N2O6S/c1-4-9-11(21-7(2)17)12(22-8(3)18)13(23-9)16-6-5-10(19)15-14(16)20/h5-6,9,11-13H,4H2,1-3H3,(H,15,19,20)/t9-,11-,12-,13-/m1/s1. The number of carbonyl (C=O) groups excluding carboxylic acids is 2. The third kappa shape index (κ3) is 3.84. The summed E-state index contributed by atoms with van der Waals surface area (Å²) in [6.45, 7) is 4.44. The molecule has 126 valence electrons. The number of hydrogen-bond donors (Lipinski definition) is 1. The summed E-state index contributed by atoms with van der Waals surface area (Å²) in [6, 6.07) is 1.22. The predicted octanol–water partition coefficient (Wildman–Crippen LogP) is 0.424. The summed E-state index contributed by atoms with van der Waals surface area (Å²) in [7, 11) is 0. The Hall–Kier alpha value is -2.03. The van der Waals surface area contributed by atoms with Gasteiger partial charge in [-0.05, 0) is 6.42 Å². The number of thioether (sulfide) groups is 1. The molecule has 23 heavy (non-hydrogen) atoms. The van der Waals surface area contributed by atoms with Gasteiger partial charge in [-0.25, -0.2) is 4.79 Å². The zero-order chi connectivity index (χ0) is 17.1. The van der Waals surface area contributed by atoms with Gasteiger partial charge in [0.2, 0.25) is 0 Å². The van der Waals surface area contributed by atoms with Crippen LogP contribution in [-0.4, -0.2) is 38.9 Å². The van der Waals surface area contributed by atoms with Gasteiger partial charge in [-0.2, -0.15) is 0 Å². The molecule has 0 spiro atoms. The van der Waals surface area contributed by atoms with E-state index in [1.165, 1.54) is 42.4 Å². The van der Waals surface area contributed by atoms with Crippen molar-refractivity contribution >= 4 is 23.7 Å². The Morgan fingerprint density at radius 3 is 2.35 bits per heavy atom. The minimum Gasteiger partial charge on any atom is -0.457 e. The summed E-state index contributed by atoms with van der Waals surface area (Å²) >= 11 is 1.37. The SMILES string of the molecule is CC[C@H]1S[C@@H](n2ccc(=O)[nH]c2=O)[C@H](OC(C)=O)[C@@H]1OC(C)=O. The highest BCUT2D eigenvalue weighted by molar-refractivity contribution is 8.00. The van der Waals surface area contributed by atoms with Crippen molar-refractivity contribution < 1.29 is 19.1 Å². The van der Waals surface area contributed by atoms with Gasteiger partial charge in [-0.3, -0.25) is 23.9 Å². The lowest BCUT2D eigenvalue weighted by molar-refractivity contribution is -0.165. The second kappa shape index (κ2) is 7.03. The largest absolute Gasteiger partial charge is 0.457 e. The molecule has 1 aromatic heterocycles. The first-order valence-electron chi connectivity index (χ1n) is 7.14. The first kappa shape index (κ1) is 17.3. The Kier molecular flexibility index (Phi) is 5.30. The van der Waals surface area contributed by atoms with Crippen molar-refractivity contribution in [3.05, 3.63) is 33.1 Å². The monoisotopic (exact) mass is 342 g/mol. The van der Waals surface area contributed by atoms with Gasteiger partial charge in [-0.15, -0.1) is 11.8 Å². The molecule has 1 aliphatic rings. The lowest BCUT2D eigenvalue weighted by Crippen LogP contribution is -2.41.